The lowest BCUT2D eigenvalue weighted by molar-refractivity contribution is -0.355. The molecule has 2 aliphatic rings. The topological polar surface area (TPSA) is 33.0 Å². The van der Waals surface area contributed by atoms with Gasteiger partial charge in [-0.15, -0.1) is 0 Å². The molecule has 7 atom stereocenters. The van der Waals surface area contributed by atoms with Crippen molar-refractivity contribution in [3.05, 3.63) is 0 Å². The minimum Gasteiger partial charge on any atom is -0.314 e. The molecule has 45 heavy (non-hydrogen) atoms. The van der Waals surface area contributed by atoms with E-state index in [1.54, 1.807) is 20.8 Å². The van der Waals surface area contributed by atoms with Crippen LogP contribution < -0.4 is 0 Å². The molecule has 5 heteroatoms. The summed E-state index contributed by atoms with van der Waals surface area (Å²) in [5.41, 5.74) is -3.03. The normalized spacial score (nSPS) is 29.0. The number of nitrogens with zero attached hydrogens (tertiary/aromatic N) is 1. The van der Waals surface area contributed by atoms with Crippen LogP contribution in [-0.4, -0.2) is 17.4 Å². The summed E-state index contributed by atoms with van der Waals surface area (Å²) in [5, 5.41) is 9.59. The van der Waals surface area contributed by atoms with E-state index in [0.717, 1.165) is 12.8 Å². The van der Waals surface area contributed by atoms with Crippen molar-refractivity contribution in [1.82, 2.24) is 0 Å². The third-order valence-corrected chi connectivity index (χ3v) is 11.7. The minimum atomic E-state index is -3.25. The Morgan fingerprint density at radius 1 is 0.822 bits per heavy atom. The Balaban J connectivity index is 0.00000364. The van der Waals surface area contributed by atoms with Gasteiger partial charge in [0.25, 0.3) is 0 Å². The largest absolute Gasteiger partial charge is 0.359 e. The van der Waals surface area contributed by atoms with Crippen LogP contribution in [0.5, 0.6) is 0 Å². The van der Waals surface area contributed by atoms with Gasteiger partial charge in [0.2, 0.25) is 0 Å². The van der Waals surface area contributed by atoms with Gasteiger partial charge in [-0.3, -0.25) is 0 Å². The Labute approximate surface area is 279 Å². The number of rotatable bonds is 9. The molecule has 0 aromatic rings. The molecular weight excluding hydrogens is 567 g/mol. The van der Waals surface area contributed by atoms with Gasteiger partial charge in [-0.05, 0) is 111 Å². The van der Waals surface area contributed by atoms with E-state index in [1.165, 1.54) is 6.42 Å². The predicted octanol–water partition coefficient (Wildman–Crippen LogP) is 13.7. The molecule has 268 valence electrons. The Hall–Kier alpha value is -0.760. The second kappa shape index (κ2) is 16.1. The average molecular weight is 644 g/mol. The van der Waals surface area contributed by atoms with Gasteiger partial charge in [0.15, 0.2) is 0 Å². The summed E-state index contributed by atoms with van der Waals surface area (Å²) >= 11 is 0. The summed E-state index contributed by atoms with van der Waals surface area (Å²) in [5.74, 6) is -0.910. The van der Waals surface area contributed by atoms with Crippen molar-refractivity contribution < 1.29 is 17.9 Å². The Morgan fingerprint density at radius 3 is 1.69 bits per heavy atom. The maximum atomic E-state index is 16.0. The van der Waals surface area contributed by atoms with Crippen LogP contribution in [0.2, 0.25) is 0 Å². The van der Waals surface area contributed by atoms with Crippen molar-refractivity contribution in [3.63, 3.8) is 0 Å². The number of hydrogen-bond acceptors (Lipinski definition) is 2. The maximum absolute atomic E-state index is 16.0. The molecular formula is C40H76F3NO. The van der Waals surface area contributed by atoms with E-state index in [4.69, 9.17) is 4.74 Å². The zero-order valence-corrected chi connectivity index (χ0v) is 33.1. The van der Waals surface area contributed by atoms with Crippen LogP contribution in [0.4, 0.5) is 13.2 Å². The minimum absolute atomic E-state index is 0.0369. The smallest absolute Gasteiger partial charge is 0.314 e. The van der Waals surface area contributed by atoms with Gasteiger partial charge in [-0.2, -0.15) is 14.0 Å². The van der Waals surface area contributed by atoms with Crippen molar-refractivity contribution in [2.75, 3.05) is 0 Å². The van der Waals surface area contributed by atoms with Crippen molar-refractivity contribution in [1.29, 1.82) is 5.26 Å². The molecule has 1 heterocycles. The fourth-order valence-corrected chi connectivity index (χ4v) is 8.94. The van der Waals surface area contributed by atoms with Gasteiger partial charge in [0.1, 0.15) is 5.67 Å². The summed E-state index contributed by atoms with van der Waals surface area (Å²) in [6.45, 7) is 37.7. The van der Waals surface area contributed by atoms with Crippen LogP contribution in [0.1, 0.15) is 176 Å². The zero-order chi connectivity index (χ0) is 36.0. The molecule has 0 spiro atoms. The summed E-state index contributed by atoms with van der Waals surface area (Å²) < 4.78 is 52.9. The van der Waals surface area contributed by atoms with Gasteiger partial charge in [-0.1, -0.05) is 110 Å². The van der Waals surface area contributed by atoms with Gasteiger partial charge < -0.3 is 4.74 Å². The second-order valence-corrected chi connectivity index (χ2v) is 18.6. The molecule has 2 rings (SSSR count). The number of ether oxygens (including phenoxy) is 1. The van der Waals surface area contributed by atoms with E-state index in [0.29, 0.717) is 32.1 Å². The lowest BCUT2D eigenvalue weighted by Gasteiger charge is -2.59. The summed E-state index contributed by atoms with van der Waals surface area (Å²) in [6.07, 6.45) is 2.14. The molecule has 0 aromatic heterocycles. The lowest BCUT2D eigenvalue weighted by atomic mass is 9.47. The predicted molar refractivity (Wildman–Crippen MR) is 188 cm³/mol. The van der Waals surface area contributed by atoms with E-state index in [-0.39, 0.29) is 45.8 Å². The Bertz CT molecular complexity index is 921. The first kappa shape index (κ1) is 44.2. The monoisotopic (exact) mass is 644 g/mol. The third-order valence-electron chi connectivity index (χ3n) is 11.7. The van der Waals surface area contributed by atoms with Gasteiger partial charge in [0, 0.05) is 6.42 Å². The number of alkyl halides is 3. The van der Waals surface area contributed by atoms with E-state index in [2.05, 4.69) is 89.2 Å². The number of nitriles is 1. The molecule has 0 bridgehead atoms. The van der Waals surface area contributed by atoms with Crippen molar-refractivity contribution in [2.24, 2.45) is 57.2 Å². The van der Waals surface area contributed by atoms with Crippen LogP contribution in [0, 0.1) is 68.5 Å². The molecule has 1 saturated carbocycles. The highest BCUT2D eigenvalue weighted by molar-refractivity contribution is 5.05. The molecule has 0 aromatic carbocycles. The highest BCUT2D eigenvalue weighted by atomic mass is 19.3. The molecule has 1 saturated heterocycles. The summed E-state index contributed by atoms with van der Waals surface area (Å²) in [7, 11) is 0. The fraction of sp³-hybridized carbons (Fsp3) is 0.975. The van der Waals surface area contributed by atoms with Crippen molar-refractivity contribution in [2.45, 2.75) is 193 Å². The molecule has 1 aliphatic carbocycles. The van der Waals surface area contributed by atoms with Crippen LogP contribution in [-0.2, 0) is 4.74 Å². The van der Waals surface area contributed by atoms with Gasteiger partial charge in [-0.25, -0.2) is 4.39 Å². The van der Waals surface area contributed by atoms with E-state index >= 15 is 13.2 Å². The third kappa shape index (κ3) is 11.7. The molecule has 0 amide bonds. The second-order valence-electron chi connectivity index (χ2n) is 18.6. The molecule has 7 unspecified atom stereocenters. The van der Waals surface area contributed by atoms with E-state index in [1.807, 2.05) is 20.8 Å². The SMILES string of the molecule is CC.CC(CC#N)C(C)(C)C(C1CCC(C)(C)OC1(F)F)C(C)C(C)(C)C(CC(C)(C)C)C1CCC(C)(F)CC1(C)C.CCC. The zero-order valence-electron chi connectivity index (χ0n) is 33.1. The van der Waals surface area contributed by atoms with Crippen LogP contribution in [0.25, 0.3) is 0 Å². The highest BCUT2D eigenvalue weighted by Crippen LogP contribution is 2.62. The molecule has 1 aliphatic heterocycles. The molecule has 0 radical (unpaired) electrons. The van der Waals surface area contributed by atoms with Crippen LogP contribution >= 0.6 is 0 Å². The average Bonchev–Trinajstić information content (AvgIpc) is 2.83. The van der Waals surface area contributed by atoms with Gasteiger partial charge >= 0.3 is 6.11 Å². The summed E-state index contributed by atoms with van der Waals surface area (Å²) in [6, 6.07) is 2.31. The van der Waals surface area contributed by atoms with Crippen molar-refractivity contribution in [3.8, 4) is 6.07 Å². The lowest BCUT2D eigenvalue weighted by Crippen LogP contribution is -2.56. The molecule has 2 nitrogen and oxygen atoms in total. The molecule has 2 fully saturated rings. The maximum Gasteiger partial charge on any atom is 0.359 e. The van der Waals surface area contributed by atoms with E-state index < -0.39 is 28.7 Å². The van der Waals surface area contributed by atoms with Crippen LogP contribution in [0.15, 0.2) is 0 Å². The summed E-state index contributed by atoms with van der Waals surface area (Å²) in [4.78, 5) is 0. The Morgan fingerprint density at radius 2 is 1.29 bits per heavy atom. The first-order valence-electron chi connectivity index (χ1n) is 18.3. The standard InChI is InChI=1S/C35H62F3NO.C3H8.C2H6/c1-23(17-20-39)32(10,11)28(26-15-18-31(8,9)40-35(26,37)38)24(2)33(12,13)27(21-29(3,4)5)25-16-19-34(14,36)22-30(25,6)7;1-3-2;1-2/h23-28H,15-19,21-22H2,1-14H3;3H2,1-2H3;1-2H3. The first-order chi connectivity index (χ1) is 20.1. The quantitative estimate of drug-likeness (QED) is 0.250. The number of halogens is 3. The van der Waals surface area contributed by atoms with Crippen LogP contribution in [0.3, 0.4) is 0 Å². The first-order valence-corrected chi connectivity index (χ1v) is 18.3. The highest BCUT2D eigenvalue weighted by Gasteiger charge is 2.60. The van der Waals surface area contributed by atoms with E-state index in [9.17, 15) is 5.26 Å². The fourth-order valence-electron chi connectivity index (χ4n) is 8.94. The molecule has 0 N–H and O–H groups in total. The van der Waals surface area contributed by atoms with Gasteiger partial charge in [0.05, 0.1) is 17.6 Å². The number of hydrogen-bond donors (Lipinski definition) is 0. The Kier molecular flexibility index (Phi) is 15.8. The van der Waals surface area contributed by atoms with Crippen molar-refractivity contribution >= 4 is 0 Å².